The molecule has 4 nitrogen and oxygen atoms in total. The van der Waals surface area contributed by atoms with Gasteiger partial charge in [-0.1, -0.05) is 24.3 Å². The smallest absolute Gasteiger partial charge is 0.269 e. The van der Waals surface area contributed by atoms with Crippen LogP contribution in [0.4, 0.5) is 0 Å². The van der Waals surface area contributed by atoms with E-state index in [2.05, 4.69) is 10.2 Å². The molecule has 15 heavy (non-hydrogen) atoms. The predicted molar refractivity (Wildman–Crippen MR) is 59.8 cm³/mol. The highest BCUT2D eigenvalue weighted by Gasteiger charge is 2.11. The Balaban J connectivity index is 2.83. The minimum atomic E-state index is -0.550. The van der Waals surface area contributed by atoms with Crippen LogP contribution in [0.15, 0.2) is 29.3 Å². The summed E-state index contributed by atoms with van der Waals surface area (Å²) in [6, 6.07) is 7.47. The van der Waals surface area contributed by atoms with E-state index in [0.717, 1.165) is 15.8 Å². The molecule has 0 saturated carbocycles. The number of hydrogen-bond donors (Lipinski definition) is 1. The zero-order valence-corrected chi connectivity index (χ0v) is 8.91. The molecule has 2 rings (SSSR count). The van der Waals surface area contributed by atoms with E-state index in [1.807, 2.05) is 30.5 Å². The highest BCUT2D eigenvalue weighted by molar-refractivity contribution is 7.98. The third kappa shape index (κ3) is 1.66. The van der Waals surface area contributed by atoms with Gasteiger partial charge in [0.2, 0.25) is 0 Å². The van der Waals surface area contributed by atoms with E-state index in [4.69, 9.17) is 5.73 Å². The maximum Gasteiger partial charge on any atom is 0.269 e. The fourth-order valence-electron chi connectivity index (χ4n) is 1.41. The van der Waals surface area contributed by atoms with Crippen molar-refractivity contribution in [1.29, 1.82) is 0 Å². The van der Waals surface area contributed by atoms with Crippen molar-refractivity contribution in [3.05, 3.63) is 30.0 Å². The standard InChI is InChI=1S/C10H9N3OS/c1-15-10-7-5-3-2-4-6(7)8(9(11)14)12-13-10/h2-5H,1H3,(H2,11,14). The molecule has 0 fully saturated rings. The molecule has 1 aromatic carbocycles. The Bertz CT molecular complexity index is 527. The van der Waals surface area contributed by atoms with Crippen LogP contribution in [0.1, 0.15) is 10.5 Å². The summed E-state index contributed by atoms with van der Waals surface area (Å²) in [5.74, 6) is -0.550. The topological polar surface area (TPSA) is 68.9 Å². The zero-order valence-electron chi connectivity index (χ0n) is 8.10. The number of carbonyl (C=O) groups is 1. The predicted octanol–water partition coefficient (Wildman–Crippen LogP) is 1.45. The number of amides is 1. The second-order valence-corrected chi connectivity index (χ2v) is 3.76. The summed E-state index contributed by atoms with van der Waals surface area (Å²) in [7, 11) is 0. The molecule has 2 aromatic rings. The highest BCUT2D eigenvalue weighted by atomic mass is 32.2. The quantitative estimate of drug-likeness (QED) is 0.776. The van der Waals surface area contributed by atoms with E-state index in [0.29, 0.717) is 0 Å². The summed E-state index contributed by atoms with van der Waals surface area (Å²) in [6.07, 6.45) is 1.92. The molecular weight excluding hydrogens is 210 g/mol. The van der Waals surface area contributed by atoms with Crippen LogP contribution in [0, 0.1) is 0 Å². The zero-order chi connectivity index (χ0) is 10.8. The van der Waals surface area contributed by atoms with Crippen LogP contribution in [-0.4, -0.2) is 22.4 Å². The van der Waals surface area contributed by atoms with Crippen molar-refractivity contribution in [2.45, 2.75) is 5.03 Å². The average molecular weight is 219 g/mol. The fourth-order valence-corrected chi connectivity index (χ4v) is 1.93. The molecule has 1 amide bonds. The molecule has 0 bridgehead atoms. The molecule has 1 aromatic heterocycles. The first-order valence-corrected chi connectivity index (χ1v) is 5.55. The average Bonchev–Trinajstić information content (AvgIpc) is 2.27. The summed E-state index contributed by atoms with van der Waals surface area (Å²) in [5, 5.41) is 10.3. The van der Waals surface area contributed by atoms with Gasteiger partial charge in [0, 0.05) is 10.8 Å². The number of nitrogens with zero attached hydrogens (tertiary/aromatic N) is 2. The van der Waals surface area contributed by atoms with Gasteiger partial charge < -0.3 is 5.73 Å². The van der Waals surface area contributed by atoms with E-state index in [1.54, 1.807) is 0 Å². The number of primary amides is 1. The van der Waals surface area contributed by atoms with Gasteiger partial charge in [-0.15, -0.1) is 22.0 Å². The molecule has 1 heterocycles. The van der Waals surface area contributed by atoms with Crippen molar-refractivity contribution < 1.29 is 4.79 Å². The van der Waals surface area contributed by atoms with E-state index >= 15 is 0 Å². The van der Waals surface area contributed by atoms with Gasteiger partial charge in [-0.2, -0.15) is 0 Å². The Morgan fingerprint density at radius 2 is 1.93 bits per heavy atom. The SMILES string of the molecule is CSc1nnc(C(N)=O)c2ccccc12. The number of hydrogen-bond acceptors (Lipinski definition) is 4. The lowest BCUT2D eigenvalue weighted by atomic mass is 10.1. The molecule has 76 valence electrons. The Kier molecular flexibility index (Phi) is 2.55. The summed E-state index contributed by atoms with van der Waals surface area (Å²) < 4.78 is 0. The van der Waals surface area contributed by atoms with Gasteiger partial charge in [0.25, 0.3) is 5.91 Å². The number of benzene rings is 1. The summed E-state index contributed by atoms with van der Waals surface area (Å²) in [5.41, 5.74) is 5.45. The van der Waals surface area contributed by atoms with Crippen molar-refractivity contribution in [3.8, 4) is 0 Å². The van der Waals surface area contributed by atoms with Crippen molar-refractivity contribution in [2.24, 2.45) is 5.73 Å². The fraction of sp³-hybridized carbons (Fsp3) is 0.100. The van der Waals surface area contributed by atoms with Crippen molar-refractivity contribution in [2.75, 3.05) is 6.26 Å². The van der Waals surface area contributed by atoms with Gasteiger partial charge in [0.05, 0.1) is 0 Å². The molecule has 0 unspecified atom stereocenters. The molecule has 0 spiro atoms. The van der Waals surface area contributed by atoms with Crippen LogP contribution in [0.3, 0.4) is 0 Å². The number of nitrogens with two attached hydrogens (primary N) is 1. The number of thioether (sulfide) groups is 1. The lowest BCUT2D eigenvalue weighted by Crippen LogP contribution is -2.14. The van der Waals surface area contributed by atoms with Crippen molar-refractivity contribution >= 4 is 28.4 Å². The van der Waals surface area contributed by atoms with Gasteiger partial charge in [0.15, 0.2) is 5.69 Å². The maximum atomic E-state index is 11.1. The lowest BCUT2D eigenvalue weighted by Gasteiger charge is -2.04. The first kappa shape index (κ1) is 9.92. The number of carbonyl (C=O) groups excluding carboxylic acids is 1. The third-order valence-electron chi connectivity index (χ3n) is 2.08. The maximum absolute atomic E-state index is 11.1. The lowest BCUT2D eigenvalue weighted by molar-refractivity contribution is 0.0996. The van der Waals surface area contributed by atoms with Gasteiger partial charge in [-0.05, 0) is 6.26 Å². The molecule has 5 heteroatoms. The molecule has 0 aliphatic heterocycles. The minimum Gasteiger partial charge on any atom is -0.364 e. The van der Waals surface area contributed by atoms with Gasteiger partial charge in [-0.25, -0.2) is 0 Å². The van der Waals surface area contributed by atoms with Crippen LogP contribution in [-0.2, 0) is 0 Å². The Morgan fingerprint density at radius 3 is 2.53 bits per heavy atom. The summed E-state index contributed by atoms with van der Waals surface area (Å²) in [6.45, 7) is 0. The van der Waals surface area contributed by atoms with Crippen molar-refractivity contribution in [3.63, 3.8) is 0 Å². The van der Waals surface area contributed by atoms with Crippen LogP contribution < -0.4 is 5.73 Å². The first-order valence-electron chi connectivity index (χ1n) is 4.33. The largest absolute Gasteiger partial charge is 0.364 e. The molecule has 0 aliphatic rings. The van der Waals surface area contributed by atoms with E-state index in [-0.39, 0.29) is 5.69 Å². The number of rotatable bonds is 2. The molecular formula is C10H9N3OS. The normalized spacial score (nSPS) is 10.5. The van der Waals surface area contributed by atoms with Gasteiger partial charge in [0.1, 0.15) is 5.03 Å². The second kappa shape index (κ2) is 3.86. The molecule has 2 N–H and O–H groups in total. The van der Waals surface area contributed by atoms with Crippen molar-refractivity contribution in [1.82, 2.24) is 10.2 Å². The molecule has 0 aliphatic carbocycles. The summed E-state index contributed by atoms with van der Waals surface area (Å²) >= 11 is 1.49. The third-order valence-corrected chi connectivity index (χ3v) is 2.77. The number of aromatic nitrogens is 2. The summed E-state index contributed by atoms with van der Waals surface area (Å²) in [4.78, 5) is 11.1. The monoisotopic (exact) mass is 219 g/mol. The van der Waals surface area contributed by atoms with Crippen LogP contribution >= 0.6 is 11.8 Å². The molecule has 0 saturated heterocycles. The minimum absolute atomic E-state index is 0.225. The van der Waals surface area contributed by atoms with Gasteiger partial charge in [-0.3, -0.25) is 4.79 Å². The van der Waals surface area contributed by atoms with Crippen LogP contribution in [0.25, 0.3) is 10.8 Å². The van der Waals surface area contributed by atoms with E-state index < -0.39 is 5.91 Å². The van der Waals surface area contributed by atoms with E-state index in [9.17, 15) is 4.79 Å². The Labute approximate surface area is 90.9 Å². The van der Waals surface area contributed by atoms with Gasteiger partial charge >= 0.3 is 0 Å². The molecule has 0 atom stereocenters. The van der Waals surface area contributed by atoms with Crippen LogP contribution in [0.5, 0.6) is 0 Å². The van der Waals surface area contributed by atoms with E-state index in [1.165, 1.54) is 11.8 Å². The number of fused-ring (bicyclic) bond motifs is 1. The Hall–Kier alpha value is -1.62. The second-order valence-electron chi connectivity index (χ2n) is 2.97. The highest BCUT2D eigenvalue weighted by Crippen LogP contribution is 2.24. The Morgan fingerprint density at radius 1 is 1.27 bits per heavy atom. The van der Waals surface area contributed by atoms with Crippen LogP contribution in [0.2, 0.25) is 0 Å². The first-order chi connectivity index (χ1) is 7.24. The molecule has 0 radical (unpaired) electrons.